The summed E-state index contributed by atoms with van der Waals surface area (Å²) < 4.78 is 2.42. The Hall–Kier alpha value is -0.920. The number of piperidine rings is 1. The summed E-state index contributed by atoms with van der Waals surface area (Å²) in [6.45, 7) is 2.55. The molecule has 2 atom stereocenters. The fourth-order valence-electron chi connectivity index (χ4n) is 5.56. The summed E-state index contributed by atoms with van der Waals surface area (Å²) in [5, 5.41) is 4.55. The van der Waals surface area contributed by atoms with Crippen LogP contribution in [0.3, 0.4) is 0 Å². The molecule has 154 valence electrons. The molecule has 1 saturated heterocycles. The third-order valence-electron chi connectivity index (χ3n) is 7.33. The Morgan fingerprint density at radius 3 is 2.11 bits per heavy atom. The molecule has 1 aliphatic carbocycles. The van der Waals surface area contributed by atoms with Crippen LogP contribution in [0.1, 0.15) is 82.3 Å². The Kier molecular flexibility index (Phi) is 7.42. The summed E-state index contributed by atoms with van der Waals surface area (Å²) in [6.07, 6.45) is 15.0. The Labute approximate surface area is 173 Å². The molecular formula is C24H37N2OP. The fourth-order valence-corrected chi connectivity index (χ4v) is 5.86. The van der Waals surface area contributed by atoms with E-state index in [1.807, 2.05) is 0 Å². The van der Waals surface area contributed by atoms with Gasteiger partial charge in [-0.05, 0) is 43.1 Å². The van der Waals surface area contributed by atoms with E-state index in [0.29, 0.717) is 5.92 Å². The average molecular weight is 401 g/mol. The maximum absolute atomic E-state index is 5.82. The summed E-state index contributed by atoms with van der Waals surface area (Å²) in [6, 6.07) is 10.6. The van der Waals surface area contributed by atoms with Crippen molar-refractivity contribution in [3.63, 3.8) is 0 Å². The first-order valence-electron chi connectivity index (χ1n) is 11.6. The van der Waals surface area contributed by atoms with Crippen LogP contribution >= 0.6 is 9.39 Å². The largest absolute Gasteiger partial charge is 0.387 e. The Balaban J connectivity index is 1.27. The van der Waals surface area contributed by atoms with E-state index in [1.165, 1.54) is 88.6 Å². The lowest BCUT2D eigenvalue weighted by atomic mass is 9.77. The van der Waals surface area contributed by atoms with Crippen LogP contribution < -0.4 is 0 Å². The van der Waals surface area contributed by atoms with Crippen molar-refractivity contribution in [1.29, 1.82) is 0 Å². The van der Waals surface area contributed by atoms with Crippen LogP contribution in [0.2, 0.25) is 0 Å². The van der Waals surface area contributed by atoms with Crippen LogP contribution in [-0.4, -0.2) is 23.5 Å². The van der Waals surface area contributed by atoms with Gasteiger partial charge in [-0.3, -0.25) is 4.67 Å². The van der Waals surface area contributed by atoms with Crippen molar-refractivity contribution in [2.24, 2.45) is 22.9 Å². The zero-order valence-electron chi connectivity index (χ0n) is 17.3. The minimum absolute atomic E-state index is 0.138. The monoisotopic (exact) mass is 400 g/mol. The quantitative estimate of drug-likeness (QED) is 0.551. The van der Waals surface area contributed by atoms with E-state index in [2.05, 4.69) is 49.5 Å². The van der Waals surface area contributed by atoms with Gasteiger partial charge in [0.05, 0.1) is 5.71 Å². The fraction of sp³-hybridized carbons (Fsp3) is 0.708. The highest BCUT2D eigenvalue weighted by atomic mass is 31.0. The molecule has 4 rings (SSSR count). The number of nitrogens with zero attached hydrogens (tertiary/aromatic N) is 2. The smallest absolute Gasteiger partial charge is 0.157 e. The maximum Gasteiger partial charge on any atom is 0.157 e. The van der Waals surface area contributed by atoms with Crippen LogP contribution in [0, 0.1) is 17.8 Å². The average Bonchev–Trinajstić information content (AvgIpc) is 3.23. The molecule has 0 radical (unpaired) electrons. The minimum Gasteiger partial charge on any atom is -0.387 e. The number of oxime groups is 1. The molecule has 2 unspecified atom stereocenters. The molecule has 2 fully saturated rings. The maximum atomic E-state index is 5.82. The zero-order valence-corrected chi connectivity index (χ0v) is 18.4. The normalized spacial score (nSPS) is 31.2. The first kappa shape index (κ1) is 20.4. The van der Waals surface area contributed by atoms with E-state index < -0.39 is 0 Å². The highest BCUT2D eigenvalue weighted by Gasteiger charge is 2.29. The first-order chi connectivity index (χ1) is 13.8. The molecule has 2 aliphatic heterocycles. The standard InChI is InChI=1S/C24H37N2OP/c28-26-16-14-20(15-17-26)19-8-4-6-10-21(11-7-5-9-19)23-18-24(27-25-23)22-12-2-1-3-13-22/h1-3,12-13,19-21,24H,4-11,14-18,28H2. The Morgan fingerprint density at radius 2 is 1.43 bits per heavy atom. The summed E-state index contributed by atoms with van der Waals surface area (Å²) in [5.41, 5.74) is 2.60. The summed E-state index contributed by atoms with van der Waals surface area (Å²) in [7, 11) is 2.89. The Morgan fingerprint density at radius 1 is 0.821 bits per heavy atom. The number of benzene rings is 1. The van der Waals surface area contributed by atoms with Crippen molar-refractivity contribution in [2.45, 2.75) is 76.7 Å². The summed E-state index contributed by atoms with van der Waals surface area (Å²) in [4.78, 5) is 5.82. The molecule has 28 heavy (non-hydrogen) atoms. The lowest BCUT2D eigenvalue weighted by Crippen LogP contribution is -2.30. The summed E-state index contributed by atoms with van der Waals surface area (Å²) in [5.74, 6) is 2.60. The van der Waals surface area contributed by atoms with Crippen LogP contribution in [0.4, 0.5) is 0 Å². The molecule has 3 aliphatic rings. The lowest BCUT2D eigenvalue weighted by Gasteiger charge is -2.35. The molecule has 1 saturated carbocycles. The van der Waals surface area contributed by atoms with E-state index in [0.717, 1.165) is 18.3 Å². The minimum atomic E-state index is 0.138. The zero-order chi connectivity index (χ0) is 19.2. The molecule has 3 nitrogen and oxygen atoms in total. The molecule has 1 aromatic carbocycles. The second kappa shape index (κ2) is 10.2. The number of rotatable bonds is 3. The predicted octanol–water partition coefficient (Wildman–Crippen LogP) is 6.37. The molecule has 0 N–H and O–H groups in total. The number of hydrogen-bond donors (Lipinski definition) is 0. The third kappa shape index (κ3) is 5.36. The van der Waals surface area contributed by atoms with Crippen molar-refractivity contribution in [3.05, 3.63) is 35.9 Å². The van der Waals surface area contributed by atoms with E-state index in [1.54, 1.807) is 0 Å². The number of hydrogen-bond acceptors (Lipinski definition) is 3. The molecule has 0 aromatic heterocycles. The van der Waals surface area contributed by atoms with Gasteiger partial charge >= 0.3 is 0 Å². The van der Waals surface area contributed by atoms with Gasteiger partial charge < -0.3 is 4.84 Å². The second-order valence-corrected chi connectivity index (χ2v) is 9.92. The Bertz CT molecular complexity index is 615. The van der Waals surface area contributed by atoms with Crippen molar-refractivity contribution in [1.82, 2.24) is 4.67 Å². The lowest BCUT2D eigenvalue weighted by molar-refractivity contribution is 0.0856. The van der Waals surface area contributed by atoms with Gasteiger partial charge in [0.2, 0.25) is 0 Å². The predicted molar refractivity (Wildman–Crippen MR) is 120 cm³/mol. The van der Waals surface area contributed by atoms with Crippen LogP contribution in [0.5, 0.6) is 0 Å². The van der Waals surface area contributed by atoms with Crippen LogP contribution in [0.15, 0.2) is 35.5 Å². The van der Waals surface area contributed by atoms with Gasteiger partial charge in [0.25, 0.3) is 0 Å². The van der Waals surface area contributed by atoms with Crippen molar-refractivity contribution in [2.75, 3.05) is 13.1 Å². The summed E-state index contributed by atoms with van der Waals surface area (Å²) >= 11 is 0. The SMILES string of the molecule is PN1CCC(C2CCCCC(C3=NOC(c4ccccc4)C3)CCCC2)CC1. The van der Waals surface area contributed by atoms with Gasteiger partial charge in [0, 0.05) is 25.4 Å². The second-order valence-electron chi connectivity index (χ2n) is 9.19. The molecule has 2 heterocycles. The van der Waals surface area contributed by atoms with Gasteiger partial charge in [0.1, 0.15) is 0 Å². The van der Waals surface area contributed by atoms with E-state index in [9.17, 15) is 0 Å². The van der Waals surface area contributed by atoms with Gasteiger partial charge in [-0.15, -0.1) is 0 Å². The van der Waals surface area contributed by atoms with Crippen molar-refractivity contribution >= 4 is 15.1 Å². The van der Waals surface area contributed by atoms with Gasteiger partial charge in [-0.2, -0.15) is 0 Å². The van der Waals surface area contributed by atoms with Gasteiger partial charge in [0.15, 0.2) is 6.10 Å². The van der Waals surface area contributed by atoms with Crippen molar-refractivity contribution in [3.8, 4) is 0 Å². The van der Waals surface area contributed by atoms with Gasteiger partial charge in [-0.25, -0.2) is 0 Å². The molecule has 4 heteroatoms. The molecule has 0 spiro atoms. The van der Waals surface area contributed by atoms with E-state index in [-0.39, 0.29) is 6.10 Å². The van der Waals surface area contributed by atoms with Crippen molar-refractivity contribution < 1.29 is 4.84 Å². The third-order valence-corrected chi connectivity index (χ3v) is 7.85. The molecule has 0 bridgehead atoms. The van der Waals surface area contributed by atoms with E-state index >= 15 is 0 Å². The first-order valence-corrected chi connectivity index (χ1v) is 12.1. The molecule has 0 amide bonds. The van der Waals surface area contributed by atoms with E-state index in [4.69, 9.17) is 4.84 Å². The topological polar surface area (TPSA) is 24.8 Å². The highest BCUT2D eigenvalue weighted by molar-refractivity contribution is 7.13. The molecule has 1 aromatic rings. The van der Waals surface area contributed by atoms with Gasteiger partial charge in [-0.1, -0.05) is 83.4 Å². The van der Waals surface area contributed by atoms with Crippen LogP contribution in [0.25, 0.3) is 0 Å². The van der Waals surface area contributed by atoms with Crippen LogP contribution in [-0.2, 0) is 4.84 Å². The molecular weight excluding hydrogens is 363 g/mol. The highest BCUT2D eigenvalue weighted by Crippen LogP contribution is 2.37.